The standard InChI is InChI=1S/C14H20N6.HI/c1-15-14(19-11-13-5-2-3-6-17-13)18-7-4-9-20-10-8-16-12-20;/h2-3,5-6,8,10,12H,4,7,9,11H2,1H3,(H2,15,18,19);1H. The van der Waals surface area contributed by atoms with Crippen molar-refractivity contribution in [2.75, 3.05) is 13.6 Å². The molecular weight excluding hydrogens is 379 g/mol. The molecule has 2 heterocycles. The minimum atomic E-state index is 0. The molecule has 7 heteroatoms. The zero-order chi connectivity index (χ0) is 14.0. The van der Waals surface area contributed by atoms with E-state index in [0.717, 1.165) is 31.2 Å². The number of aromatic nitrogens is 3. The summed E-state index contributed by atoms with van der Waals surface area (Å²) in [4.78, 5) is 12.5. The number of hydrogen-bond donors (Lipinski definition) is 2. The van der Waals surface area contributed by atoms with Crippen molar-refractivity contribution in [2.45, 2.75) is 19.5 Å². The molecule has 0 spiro atoms. The maximum atomic E-state index is 4.26. The maximum Gasteiger partial charge on any atom is 0.191 e. The van der Waals surface area contributed by atoms with E-state index < -0.39 is 0 Å². The van der Waals surface area contributed by atoms with E-state index in [0.29, 0.717) is 6.54 Å². The summed E-state index contributed by atoms with van der Waals surface area (Å²) in [6.45, 7) is 2.48. The van der Waals surface area contributed by atoms with Crippen LogP contribution in [0.15, 0.2) is 48.1 Å². The molecule has 0 aliphatic rings. The van der Waals surface area contributed by atoms with Crippen molar-refractivity contribution < 1.29 is 0 Å². The van der Waals surface area contributed by atoms with Crippen molar-refractivity contribution in [3.05, 3.63) is 48.8 Å². The van der Waals surface area contributed by atoms with Gasteiger partial charge in [-0.3, -0.25) is 9.98 Å². The third-order valence-electron chi connectivity index (χ3n) is 2.83. The number of nitrogens with zero attached hydrogens (tertiary/aromatic N) is 4. The molecule has 0 saturated heterocycles. The molecule has 6 nitrogen and oxygen atoms in total. The topological polar surface area (TPSA) is 67.1 Å². The second kappa shape index (κ2) is 10.1. The number of hydrogen-bond acceptors (Lipinski definition) is 3. The molecule has 2 aromatic heterocycles. The summed E-state index contributed by atoms with van der Waals surface area (Å²) in [5.41, 5.74) is 0.994. The predicted octanol–water partition coefficient (Wildman–Crippen LogP) is 1.65. The highest BCUT2D eigenvalue weighted by molar-refractivity contribution is 14.0. The summed E-state index contributed by atoms with van der Waals surface area (Å²) in [6.07, 6.45) is 8.39. The average molecular weight is 400 g/mol. The van der Waals surface area contributed by atoms with E-state index in [1.54, 1.807) is 19.4 Å². The van der Waals surface area contributed by atoms with Crippen LogP contribution in [0.4, 0.5) is 0 Å². The lowest BCUT2D eigenvalue weighted by molar-refractivity contribution is 0.624. The molecule has 0 fully saturated rings. The van der Waals surface area contributed by atoms with E-state index in [4.69, 9.17) is 0 Å². The van der Waals surface area contributed by atoms with E-state index in [1.165, 1.54) is 0 Å². The molecule has 0 aromatic carbocycles. The fourth-order valence-corrected chi connectivity index (χ4v) is 1.79. The van der Waals surface area contributed by atoms with Gasteiger partial charge in [0.05, 0.1) is 18.6 Å². The second-order valence-electron chi connectivity index (χ2n) is 4.33. The molecule has 2 aromatic rings. The number of aryl methyl sites for hydroxylation is 1. The fraction of sp³-hybridized carbons (Fsp3) is 0.357. The van der Waals surface area contributed by atoms with Crippen LogP contribution in [0.5, 0.6) is 0 Å². The molecule has 114 valence electrons. The van der Waals surface area contributed by atoms with Gasteiger partial charge >= 0.3 is 0 Å². The molecule has 0 amide bonds. The van der Waals surface area contributed by atoms with Gasteiger partial charge in [-0.15, -0.1) is 24.0 Å². The van der Waals surface area contributed by atoms with E-state index in [9.17, 15) is 0 Å². The number of aliphatic imine (C=N–C) groups is 1. The quantitative estimate of drug-likeness (QED) is 0.335. The Bertz CT molecular complexity index is 512. The van der Waals surface area contributed by atoms with Gasteiger partial charge in [0.1, 0.15) is 0 Å². The van der Waals surface area contributed by atoms with Gasteiger partial charge in [-0.2, -0.15) is 0 Å². The Morgan fingerprint density at radius 1 is 1.29 bits per heavy atom. The minimum Gasteiger partial charge on any atom is -0.356 e. The Morgan fingerprint density at radius 3 is 2.86 bits per heavy atom. The normalized spacial score (nSPS) is 10.8. The third kappa shape index (κ3) is 6.56. The van der Waals surface area contributed by atoms with E-state index in [-0.39, 0.29) is 24.0 Å². The van der Waals surface area contributed by atoms with E-state index in [2.05, 4.69) is 30.2 Å². The Kier molecular flexibility index (Phi) is 8.41. The molecular formula is C14H21IN6. The second-order valence-corrected chi connectivity index (χ2v) is 4.33. The molecule has 2 rings (SSSR count). The van der Waals surface area contributed by atoms with E-state index >= 15 is 0 Å². The van der Waals surface area contributed by atoms with E-state index in [1.807, 2.05) is 30.7 Å². The van der Waals surface area contributed by atoms with Crippen LogP contribution in [-0.4, -0.2) is 34.1 Å². The summed E-state index contributed by atoms with van der Waals surface area (Å²) in [5, 5.41) is 6.52. The molecule has 21 heavy (non-hydrogen) atoms. The number of imidazole rings is 1. The Hall–Kier alpha value is -1.64. The first-order chi connectivity index (χ1) is 9.88. The largest absolute Gasteiger partial charge is 0.356 e. The molecule has 0 saturated carbocycles. The van der Waals surface area contributed by atoms with Gasteiger partial charge in [0.2, 0.25) is 0 Å². The Labute approximate surface area is 142 Å². The lowest BCUT2D eigenvalue weighted by Crippen LogP contribution is -2.37. The molecule has 0 aliphatic carbocycles. The lowest BCUT2D eigenvalue weighted by Gasteiger charge is -2.11. The summed E-state index contributed by atoms with van der Waals surface area (Å²) < 4.78 is 2.06. The summed E-state index contributed by atoms with van der Waals surface area (Å²) in [6, 6.07) is 5.87. The van der Waals surface area contributed by atoms with Crippen LogP contribution < -0.4 is 10.6 Å². The summed E-state index contributed by atoms with van der Waals surface area (Å²) >= 11 is 0. The minimum absolute atomic E-state index is 0. The first-order valence-corrected chi connectivity index (χ1v) is 6.68. The zero-order valence-electron chi connectivity index (χ0n) is 12.1. The monoisotopic (exact) mass is 400 g/mol. The van der Waals surface area contributed by atoms with Gasteiger partial charge < -0.3 is 15.2 Å². The van der Waals surface area contributed by atoms with Crippen molar-refractivity contribution in [1.29, 1.82) is 0 Å². The van der Waals surface area contributed by atoms with Crippen molar-refractivity contribution in [3.63, 3.8) is 0 Å². The molecule has 2 N–H and O–H groups in total. The van der Waals surface area contributed by atoms with Crippen molar-refractivity contribution in [3.8, 4) is 0 Å². The first-order valence-electron chi connectivity index (χ1n) is 6.68. The average Bonchev–Trinajstić information content (AvgIpc) is 3.01. The zero-order valence-corrected chi connectivity index (χ0v) is 14.4. The van der Waals surface area contributed by atoms with Crippen LogP contribution in [0.25, 0.3) is 0 Å². The van der Waals surface area contributed by atoms with Crippen LogP contribution in [0, 0.1) is 0 Å². The summed E-state index contributed by atoms with van der Waals surface area (Å²) in [5.74, 6) is 0.793. The maximum absolute atomic E-state index is 4.26. The Morgan fingerprint density at radius 2 is 2.19 bits per heavy atom. The number of guanidine groups is 1. The van der Waals surface area contributed by atoms with Crippen LogP contribution in [0.1, 0.15) is 12.1 Å². The molecule has 0 atom stereocenters. The van der Waals surface area contributed by atoms with Crippen LogP contribution in [-0.2, 0) is 13.1 Å². The highest BCUT2D eigenvalue weighted by Gasteiger charge is 1.98. The molecule has 0 bridgehead atoms. The molecule has 0 radical (unpaired) electrons. The fourth-order valence-electron chi connectivity index (χ4n) is 1.79. The van der Waals surface area contributed by atoms with Gasteiger partial charge in [-0.1, -0.05) is 6.07 Å². The molecule has 0 aliphatic heterocycles. The summed E-state index contributed by atoms with van der Waals surface area (Å²) in [7, 11) is 1.77. The first kappa shape index (κ1) is 17.4. The van der Waals surface area contributed by atoms with Crippen molar-refractivity contribution in [1.82, 2.24) is 25.2 Å². The number of halogens is 1. The van der Waals surface area contributed by atoms with Gasteiger partial charge in [0.25, 0.3) is 0 Å². The van der Waals surface area contributed by atoms with Crippen molar-refractivity contribution >= 4 is 29.9 Å². The highest BCUT2D eigenvalue weighted by Crippen LogP contribution is 1.92. The smallest absolute Gasteiger partial charge is 0.191 e. The number of rotatable bonds is 6. The predicted molar refractivity (Wildman–Crippen MR) is 94.7 cm³/mol. The number of nitrogens with one attached hydrogen (secondary N) is 2. The Balaban J connectivity index is 0.00000220. The van der Waals surface area contributed by atoms with Crippen LogP contribution >= 0.6 is 24.0 Å². The van der Waals surface area contributed by atoms with Gasteiger partial charge in [0.15, 0.2) is 5.96 Å². The van der Waals surface area contributed by atoms with Gasteiger partial charge in [0, 0.05) is 38.7 Å². The van der Waals surface area contributed by atoms with Gasteiger partial charge in [-0.05, 0) is 18.6 Å². The highest BCUT2D eigenvalue weighted by atomic mass is 127. The van der Waals surface area contributed by atoms with Crippen molar-refractivity contribution in [2.24, 2.45) is 4.99 Å². The SMILES string of the molecule is CN=C(NCCCn1ccnc1)NCc1ccccn1.I. The lowest BCUT2D eigenvalue weighted by atomic mass is 10.3. The van der Waals surface area contributed by atoms with Crippen LogP contribution in [0.2, 0.25) is 0 Å². The third-order valence-corrected chi connectivity index (χ3v) is 2.83. The molecule has 0 unspecified atom stereocenters. The number of pyridine rings is 1. The van der Waals surface area contributed by atoms with Crippen LogP contribution in [0.3, 0.4) is 0 Å². The van der Waals surface area contributed by atoms with Gasteiger partial charge in [-0.25, -0.2) is 4.98 Å².